The summed E-state index contributed by atoms with van der Waals surface area (Å²) >= 11 is 0. The molecule has 1 aliphatic heterocycles. The fraction of sp³-hybridized carbons (Fsp3) is 0.375. The summed E-state index contributed by atoms with van der Waals surface area (Å²) in [4.78, 5) is 6.66. The highest BCUT2D eigenvalue weighted by atomic mass is 16.5. The SMILES string of the molecule is CN=C(NCc1ccon1)NC1CCN(c2ccccc2)C1. The average Bonchev–Trinajstić information content (AvgIpc) is 3.24. The topological polar surface area (TPSA) is 65.7 Å². The van der Waals surface area contributed by atoms with E-state index in [-0.39, 0.29) is 0 Å². The van der Waals surface area contributed by atoms with Crippen molar-refractivity contribution in [3.05, 3.63) is 48.4 Å². The summed E-state index contributed by atoms with van der Waals surface area (Å²) in [6, 6.07) is 12.7. The molecule has 2 aromatic rings. The molecule has 1 aliphatic rings. The standard InChI is InChI=1S/C16H21N5O/c1-17-16(18-11-13-8-10-22-20-13)19-14-7-9-21(12-14)15-5-3-2-4-6-15/h2-6,8,10,14H,7,9,11-12H2,1H3,(H2,17,18,19). The smallest absolute Gasteiger partial charge is 0.191 e. The van der Waals surface area contributed by atoms with E-state index in [0.29, 0.717) is 12.6 Å². The highest BCUT2D eigenvalue weighted by Gasteiger charge is 2.23. The number of hydrogen-bond acceptors (Lipinski definition) is 4. The Morgan fingerprint density at radius 1 is 1.36 bits per heavy atom. The van der Waals surface area contributed by atoms with Gasteiger partial charge < -0.3 is 20.1 Å². The van der Waals surface area contributed by atoms with Gasteiger partial charge in [-0.2, -0.15) is 0 Å². The van der Waals surface area contributed by atoms with Gasteiger partial charge in [-0.3, -0.25) is 4.99 Å². The zero-order chi connectivity index (χ0) is 15.2. The minimum Gasteiger partial charge on any atom is -0.369 e. The first-order valence-electron chi connectivity index (χ1n) is 7.51. The molecule has 0 saturated carbocycles. The van der Waals surface area contributed by atoms with Gasteiger partial charge in [-0.25, -0.2) is 0 Å². The molecule has 2 heterocycles. The molecule has 0 aliphatic carbocycles. The second-order valence-electron chi connectivity index (χ2n) is 5.33. The number of anilines is 1. The molecule has 0 spiro atoms. The summed E-state index contributed by atoms with van der Waals surface area (Å²) in [5.74, 6) is 0.794. The molecule has 1 saturated heterocycles. The molecule has 1 aromatic heterocycles. The zero-order valence-electron chi connectivity index (χ0n) is 12.7. The van der Waals surface area contributed by atoms with E-state index in [4.69, 9.17) is 4.52 Å². The number of para-hydroxylation sites is 1. The third kappa shape index (κ3) is 3.58. The van der Waals surface area contributed by atoms with Crippen molar-refractivity contribution < 1.29 is 4.52 Å². The van der Waals surface area contributed by atoms with Gasteiger partial charge in [0.2, 0.25) is 0 Å². The van der Waals surface area contributed by atoms with Crippen molar-refractivity contribution in [1.29, 1.82) is 0 Å². The van der Waals surface area contributed by atoms with Crippen LogP contribution < -0.4 is 15.5 Å². The molecule has 0 amide bonds. The highest BCUT2D eigenvalue weighted by molar-refractivity contribution is 5.80. The lowest BCUT2D eigenvalue weighted by Gasteiger charge is -2.20. The van der Waals surface area contributed by atoms with Gasteiger partial charge in [-0.15, -0.1) is 0 Å². The van der Waals surface area contributed by atoms with E-state index < -0.39 is 0 Å². The molecule has 6 heteroatoms. The van der Waals surface area contributed by atoms with Gasteiger partial charge >= 0.3 is 0 Å². The second kappa shape index (κ2) is 6.98. The van der Waals surface area contributed by atoms with Crippen LogP contribution in [0.3, 0.4) is 0 Å². The fourth-order valence-corrected chi connectivity index (χ4v) is 2.64. The first kappa shape index (κ1) is 14.4. The molecule has 1 fully saturated rings. The third-order valence-corrected chi connectivity index (χ3v) is 3.80. The van der Waals surface area contributed by atoms with Crippen LogP contribution in [0.4, 0.5) is 5.69 Å². The predicted octanol–water partition coefficient (Wildman–Crippen LogP) is 1.62. The van der Waals surface area contributed by atoms with Crippen molar-refractivity contribution in [1.82, 2.24) is 15.8 Å². The molecule has 1 unspecified atom stereocenters. The second-order valence-corrected chi connectivity index (χ2v) is 5.33. The number of aromatic nitrogens is 1. The third-order valence-electron chi connectivity index (χ3n) is 3.80. The van der Waals surface area contributed by atoms with E-state index >= 15 is 0 Å². The van der Waals surface area contributed by atoms with Crippen molar-refractivity contribution in [2.45, 2.75) is 19.0 Å². The van der Waals surface area contributed by atoms with E-state index in [1.54, 1.807) is 13.3 Å². The fourth-order valence-electron chi connectivity index (χ4n) is 2.64. The van der Waals surface area contributed by atoms with E-state index in [2.05, 4.69) is 49.9 Å². The Hall–Kier alpha value is -2.50. The van der Waals surface area contributed by atoms with Gasteiger partial charge in [0.05, 0.1) is 6.54 Å². The number of aliphatic imine (C=N–C) groups is 1. The van der Waals surface area contributed by atoms with Crippen LogP contribution in [-0.4, -0.2) is 37.3 Å². The van der Waals surface area contributed by atoms with Crippen molar-refractivity contribution in [3.8, 4) is 0 Å². The largest absolute Gasteiger partial charge is 0.369 e. The Morgan fingerprint density at radius 2 is 2.23 bits per heavy atom. The van der Waals surface area contributed by atoms with E-state index in [0.717, 1.165) is 31.2 Å². The maximum absolute atomic E-state index is 4.82. The van der Waals surface area contributed by atoms with Gasteiger partial charge in [0.25, 0.3) is 0 Å². The number of guanidine groups is 1. The maximum Gasteiger partial charge on any atom is 0.191 e. The summed E-state index contributed by atoms with van der Waals surface area (Å²) in [5, 5.41) is 10.6. The lowest BCUT2D eigenvalue weighted by Crippen LogP contribution is -2.44. The van der Waals surface area contributed by atoms with Gasteiger partial charge in [-0.1, -0.05) is 23.4 Å². The molecule has 0 radical (unpaired) electrons. The summed E-state index contributed by atoms with van der Waals surface area (Å²) < 4.78 is 4.82. The molecule has 2 N–H and O–H groups in total. The Morgan fingerprint density at radius 3 is 2.95 bits per heavy atom. The summed E-state index contributed by atoms with van der Waals surface area (Å²) in [6.07, 6.45) is 2.67. The summed E-state index contributed by atoms with van der Waals surface area (Å²) in [6.45, 7) is 2.64. The lowest BCUT2D eigenvalue weighted by molar-refractivity contribution is 0.410. The summed E-state index contributed by atoms with van der Waals surface area (Å²) in [7, 11) is 1.78. The van der Waals surface area contributed by atoms with Crippen LogP contribution in [0.15, 0.2) is 52.2 Å². The number of nitrogens with one attached hydrogen (secondary N) is 2. The maximum atomic E-state index is 4.82. The van der Waals surface area contributed by atoms with Crippen molar-refractivity contribution in [3.63, 3.8) is 0 Å². The first-order chi connectivity index (χ1) is 10.8. The van der Waals surface area contributed by atoms with E-state index in [9.17, 15) is 0 Å². The van der Waals surface area contributed by atoms with Crippen molar-refractivity contribution >= 4 is 11.6 Å². The van der Waals surface area contributed by atoms with Crippen molar-refractivity contribution in [2.24, 2.45) is 4.99 Å². The zero-order valence-corrected chi connectivity index (χ0v) is 12.7. The monoisotopic (exact) mass is 299 g/mol. The molecule has 1 atom stereocenters. The van der Waals surface area contributed by atoms with Gasteiger partial charge in [-0.05, 0) is 18.6 Å². The number of rotatable bonds is 4. The van der Waals surface area contributed by atoms with Crippen LogP contribution >= 0.6 is 0 Å². The van der Waals surface area contributed by atoms with Gasteiger partial charge in [0, 0.05) is 37.9 Å². The Balaban J connectivity index is 1.50. The Labute approximate surface area is 130 Å². The molecule has 1 aromatic carbocycles. The van der Waals surface area contributed by atoms with Crippen LogP contribution in [-0.2, 0) is 6.54 Å². The Bertz CT molecular complexity index is 596. The lowest BCUT2D eigenvalue weighted by atomic mass is 10.3. The Kier molecular flexibility index (Phi) is 4.58. The van der Waals surface area contributed by atoms with Crippen LogP contribution in [0.5, 0.6) is 0 Å². The van der Waals surface area contributed by atoms with E-state index in [1.807, 2.05) is 12.1 Å². The number of nitrogens with zero attached hydrogens (tertiary/aromatic N) is 3. The highest BCUT2D eigenvalue weighted by Crippen LogP contribution is 2.19. The van der Waals surface area contributed by atoms with Gasteiger partial charge in [0.1, 0.15) is 12.0 Å². The molecule has 116 valence electrons. The minimum absolute atomic E-state index is 0.392. The van der Waals surface area contributed by atoms with E-state index in [1.165, 1.54) is 5.69 Å². The minimum atomic E-state index is 0.392. The molecule has 22 heavy (non-hydrogen) atoms. The average molecular weight is 299 g/mol. The first-order valence-corrected chi connectivity index (χ1v) is 7.51. The quantitative estimate of drug-likeness (QED) is 0.663. The molecule has 3 rings (SSSR count). The van der Waals surface area contributed by atoms with Crippen LogP contribution in [0, 0.1) is 0 Å². The molecule has 6 nitrogen and oxygen atoms in total. The molecule has 0 bridgehead atoms. The molecular weight excluding hydrogens is 278 g/mol. The number of hydrogen-bond donors (Lipinski definition) is 2. The van der Waals surface area contributed by atoms with Crippen LogP contribution in [0.1, 0.15) is 12.1 Å². The number of benzene rings is 1. The van der Waals surface area contributed by atoms with Crippen molar-refractivity contribution in [2.75, 3.05) is 25.0 Å². The predicted molar refractivity (Wildman–Crippen MR) is 86.9 cm³/mol. The molecular formula is C16H21N5O. The summed E-state index contributed by atoms with van der Waals surface area (Å²) in [5.41, 5.74) is 2.14. The van der Waals surface area contributed by atoms with Crippen LogP contribution in [0.25, 0.3) is 0 Å². The normalized spacial score (nSPS) is 18.5. The van der Waals surface area contributed by atoms with Crippen LogP contribution in [0.2, 0.25) is 0 Å². The van der Waals surface area contributed by atoms with Gasteiger partial charge in [0.15, 0.2) is 5.96 Å².